The number of carbonyl (C=O) groups is 2. The maximum atomic E-state index is 12.1. The Morgan fingerprint density at radius 3 is 2.50 bits per heavy atom. The summed E-state index contributed by atoms with van der Waals surface area (Å²) in [6.07, 6.45) is 0.991. The van der Waals surface area contributed by atoms with Gasteiger partial charge < -0.3 is 19.7 Å². The van der Waals surface area contributed by atoms with E-state index in [1.165, 1.54) is 6.92 Å². The number of amides is 2. The summed E-state index contributed by atoms with van der Waals surface area (Å²) in [6, 6.07) is 1.67. The predicted molar refractivity (Wildman–Crippen MR) is 91.4 cm³/mol. The lowest BCUT2D eigenvalue weighted by atomic mass is 10.2. The zero-order valence-electron chi connectivity index (χ0n) is 14.5. The summed E-state index contributed by atoms with van der Waals surface area (Å²) in [7, 11) is 0. The maximum Gasteiger partial charge on any atom is 0.412 e. The fraction of sp³-hybridized carbons (Fsp3) is 0.562. The molecule has 2 heterocycles. The molecule has 1 aliphatic heterocycles. The first-order valence-corrected chi connectivity index (χ1v) is 7.85. The monoisotopic (exact) mass is 336 g/mol. The van der Waals surface area contributed by atoms with Gasteiger partial charge in [-0.15, -0.1) is 0 Å². The third-order valence-corrected chi connectivity index (χ3v) is 3.13. The fourth-order valence-electron chi connectivity index (χ4n) is 2.26. The summed E-state index contributed by atoms with van der Waals surface area (Å²) in [4.78, 5) is 29.8. The summed E-state index contributed by atoms with van der Waals surface area (Å²) in [5.41, 5.74) is 0.384. The Morgan fingerprint density at radius 2 is 1.92 bits per heavy atom. The SMILES string of the molecule is CC(=O)Nc1cnc(N2CCOCC2)c(NC(=O)OC(C)(C)C)c1. The van der Waals surface area contributed by atoms with Crippen LogP contribution in [0.4, 0.5) is 22.0 Å². The average molecular weight is 336 g/mol. The van der Waals surface area contributed by atoms with Gasteiger partial charge in [-0.05, 0) is 26.8 Å². The van der Waals surface area contributed by atoms with Crippen LogP contribution < -0.4 is 15.5 Å². The van der Waals surface area contributed by atoms with Crippen molar-refractivity contribution in [2.75, 3.05) is 41.8 Å². The molecule has 0 bridgehead atoms. The minimum absolute atomic E-state index is 0.209. The summed E-state index contributed by atoms with van der Waals surface area (Å²) in [5.74, 6) is 0.414. The van der Waals surface area contributed by atoms with Gasteiger partial charge in [0.15, 0.2) is 5.82 Å². The van der Waals surface area contributed by atoms with Gasteiger partial charge in [0.1, 0.15) is 5.60 Å². The van der Waals surface area contributed by atoms with Crippen molar-refractivity contribution in [1.29, 1.82) is 0 Å². The second kappa shape index (κ2) is 7.48. The van der Waals surface area contributed by atoms with Crippen molar-refractivity contribution in [3.63, 3.8) is 0 Å². The highest BCUT2D eigenvalue weighted by atomic mass is 16.6. The van der Waals surface area contributed by atoms with Crippen molar-refractivity contribution in [2.24, 2.45) is 0 Å². The highest BCUT2D eigenvalue weighted by Crippen LogP contribution is 2.27. The van der Waals surface area contributed by atoms with Gasteiger partial charge in [-0.25, -0.2) is 9.78 Å². The minimum atomic E-state index is -0.605. The molecule has 0 aromatic carbocycles. The third kappa shape index (κ3) is 5.38. The summed E-state index contributed by atoms with van der Waals surface area (Å²) < 4.78 is 10.6. The molecule has 1 aliphatic rings. The van der Waals surface area contributed by atoms with Crippen molar-refractivity contribution >= 4 is 29.2 Å². The van der Waals surface area contributed by atoms with Crippen LogP contribution in [0.1, 0.15) is 27.7 Å². The molecule has 0 atom stereocenters. The van der Waals surface area contributed by atoms with Crippen LogP contribution in [-0.4, -0.2) is 48.9 Å². The van der Waals surface area contributed by atoms with Gasteiger partial charge in [0.25, 0.3) is 0 Å². The first-order valence-electron chi connectivity index (χ1n) is 7.85. The zero-order valence-corrected chi connectivity index (χ0v) is 14.5. The standard InChI is InChI=1S/C16H24N4O4/c1-11(21)18-12-9-13(19-15(22)24-16(2,3)4)14(17-10-12)20-5-7-23-8-6-20/h9-10H,5-8H2,1-4H3,(H,18,21)(H,19,22). The lowest BCUT2D eigenvalue weighted by Gasteiger charge is -2.30. The molecular weight excluding hydrogens is 312 g/mol. The lowest BCUT2D eigenvalue weighted by Crippen LogP contribution is -2.37. The van der Waals surface area contributed by atoms with Crippen molar-refractivity contribution in [3.8, 4) is 0 Å². The number of anilines is 3. The van der Waals surface area contributed by atoms with Crippen LogP contribution >= 0.6 is 0 Å². The van der Waals surface area contributed by atoms with E-state index in [1.807, 2.05) is 4.90 Å². The molecule has 2 amide bonds. The maximum absolute atomic E-state index is 12.1. The van der Waals surface area contributed by atoms with E-state index >= 15 is 0 Å². The topological polar surface area (TPSA) is 92.8 Å². The van der Waals surface area contributed by atoms with Crippen molar-refractivity contribution in [3.05, 3.63) is 12.3 Å². The normalized spacial score (nSPS) is 14.9. The molecular formula is C16H24N4O4. The molecule has 1 aromatic heterocycles. The molecule has 0 radical (unpaired) electrons. The lowest BCUT2D eigenvalue weighted by molar-refractivity contribution is -0.114. The van der Waals surface area contributed by atoms with Gasteiger partial charge in [-0.3, -0.25) is 10.1 Å². The fourth-order valence-corrected chi connectivity index (χ4v) is 2.26. The van der Waals surface area contributed by atoms with Crippen molar-refractivity contribution < 1.29 is 19.1 Å². The molecule has 1 aromatic rings. The van der Waals surface area contributed by atoms with Gasteiger partial charge >= 0.3 is 6.09 Å². The Morgan fingerprint density at radius 1 is 1.25 bits per heavy atom. The van der Waals surface area contributed by atoms with Crippen molar-refractivity contribution in [1.82, 2.24) is 4.98 Å². The molecule has 1 saturated heterocycles. The van der Waals surface area contributed by atoms with Gasteiger partial charge in [-0.1, -0.05) is 0 Å². The van der Waals surface area contributed by atoms with Crippen LogP contribution in [-0.2, 0) is 14.3 Å². The molecule has 24 heavy (non-hydrogen) atoms. The molecule has 0 unspecified atom stereocenters. The van der Waals surface area contributed by atoms with E-state index in [9.17, 15) is 9.59 Å². The number of hydrogen-bond acceptors (Lipinski definition) is 6. The first-order chi connectivity index (χ1) is 11.2. The number of pyridine rings is 1. The second-order valence-corrected chi connectivity index (χ2v) is 6.50. The average Bonchev–Trinajstić information content (AvgIpc) is 2.45. The Hall–Kier alpha value is -2.35. The summed E-state index contributed by atoms with van der Waals surface area (Å²) >= 11 is 0. The molecule has 0 aliphatic carbocycles. The van der Waals surface area contributed by atoms with Gasteiger partial charge in [0.05, 0.1) is 30.8 Å². The summed E-state index contributed by atoms with van der Waals surface area (Å²) in [5, 5.41) is 5.38. The van der Waals surface area contributed by atoms with Crippen molar-refractivity contribution in [2.45, 2.75) is 33.3 Å². The number of rotatable bonds is 3. The number of nitrogens with one attached hydrogen (secondary N) is 2. The first kappa shape index (κ1) is 18.0. The van der Waals surface area contributed by atoms with Gasteiger partial charge in [0.2, 0.25) is 5.91 Å². The highest BCUT2D eigenvalue weighted by molar-refractivity contribution is 5.93. The highest BCUT2D eigenvalue weighted by Gasteiger charge is 2.21. The third-order valence-electron chi connectivity index (χ3n) is 3.13. The molecule has 2 N–H and O–H groups in total. The van der Waals surface area contributed by atoms with Crippen LogP contribution in [0.3, 0.4) is 0 Å². The van der Waals surface area contributed by atoms with Gasteiger partial charge in [-0.2, -0.15) is 0 Å². The van der Waals surface area contributed by atoms with Crippen LogP contribution in [0.25, 0.3) is 0 Å². The van der Waals surface area contributed by atoms with Crippen LogP contribution in [0.5, 0.6) is 0 Å². The smallest absolute Gasteiger partial charge is 0.412 e. The van der Waals surface area contributed by atoms with E-state index in [0.717, 1.165) is 0 Å². The van der Waals surface area contributed by atoms with Crippen LogP contribution in [0, 0.1) is 0 Å². The Balaban J connectivity index is 2.25. The zero-order chi connectivity index (χ0) is 17.7. The van der Waals surface area contributed by atoms with Crippen LogP contribution in [0.15, 0.2) is 12.3 Å². The molecule has 132 valence electrons. The number of aromatic nitrogens is 1. The number of hydrogen-bond donors (Lipinski definition) is 2. The van der Waals surface area contributed by atoms with E-state index in [4.69, 9.17) is 9.47 Å². The van der Waals surface area contributed by atoms with E-state index in [-0.39, 0.29) is 5.91 Å². The Kier molecular flexibility index (Phi) is 5.61. The number of carbonyl (C=O) groups excluding carboxylic acids is 2. The van der Waals surface area contributed by atoms with E-state index in [1.54, 1.807) is 33.0 Å². The van der Waals surface area contributed by atoms with E-state index in [0.29, 0.717) is 43.5 Å². The van der Waals surface area contributed by atoms with Crippen LogP contribution in [0.2, 0.25) is 0 Å². The van der Waals surface area contributed by atoms with Gasteiger partial charge in [0, 0.05) is 20.0 Å². The Bertz CT molecular complexity index is 607. The number of ether oxygens (including phenoxy) is 2. The summed E-state index contributed by atoms with van der Waals surface area (Å²) in [6.45, 7) is 9.34. The molecule has 2 rings (SSSR count). The molecule has 0 saturated carbocycles. The molecule has 0 spiro atoms. The molecule has 8 heteroatoms. The number of nitrogens with zero attached hydrogens (tertiary/aromatic N) is 2. The minimum Gasteiger partial charge on any atom is -0.444 e. The Labute approximate surface area is 141 Å². The largest absolute Gasteiger partial charge is 0.444 e. The van der Waals surface area contributed by atoms with E-state index < -0.39 is 11.7 Å². The molecule has 1 fully saturated rings. The van der Waals surface area contributed by atoms with E-state index in [2.05, 4.69) is 15.6 Å². The quantitative estimate of drug-likeness (QED) is 0.879. The predicted octanol–water partition coefficient (Wildman–Crippen LogP) is 2.22. The second-order valence-electron chi connectivity index (χ2n) is 6.50. The molecule has 8 nitrogen and oxygen atoms in total. The number of morpholine rings is 1.